The van der Waals surface area contributed by atoms with Crippen LogP contribution in [0, 0.1) is 0 Å². The number of nitrogens with zero attached hydrogens (tertiary/aromatic N) is 2. The Bertz CT molecular complexity index is 545. The van der Waals surface area contributed by atoms with E-state index in [2.05, 4.69) is 5.32 Å². The Morgan fingerprint density at radius 2 is 1.78 bits per heavy atom. The van der Waals surface area contributed by atoms with Gasteiger partial charge in [-0.05, 0) is 39.2 Å². The van der Waals surface area contributed by atoms with Crippen molar-refractivity contribution in [2.24, 2.45) is 0 Å². The van der Waals surface area contributed by atoms with Crippen LogP contribution in [0.15, 0.2) is 0 Å². The van der Waals surface area contributed by atoms with E-state index < -0.39 is 10.0 Å². The molecular formula is C16H29N3O3S. The molecule has 2 heterocycles. The van der Waals surface area contributed by atoms with Crippen molar-refractivity contribution in [1.82, 2.24) is 14.5 Å². The number of carbonyl (C=O) groups excluding carboxylic acids is 1. The minimum Gasteiger partial charge on any atom is -0.334 e. The average molecular weight is 343 g/mol. The molecule has 1 aliphatic carbocycles. The van der Waals surface area contributed by atoms with E-state index in [1.165, 1.54) is 0 Å². The predicted molar refractivity (Wildman–Crippen MR) is 89.5 cm³/mol. The van der Waals surface area contributed by atoms with Crippen molar-refractivity contribution in [3.8, 4) is 0 Å². The van der Waals surface area contributed by atoms with Gasteiger partial charge in [0.1, 0.15) is 0 Å². The summed E-state index contributed by atoms with van der Waals surface area (Å²) in [6, 6.07) is -0.0229. The van der Waals surface area contributed by atoms with Crippen molar-refractivity contribution in [2.45, 2.75) is 75.7 Å². The fourth-order valence-corrected chi connectivity index (χ4v) is 6.89. The van der Waals surface area contributed by atoms with Crippen molar-refractivity contribution in [1.29, 1.82) is 0 Å². The molecule has 3 fully saturated rings. The van der Waals surface area contributed by atoms with Gasteiger partial charge in [0.15, 0.2) is 0 Å². The summed E-state index contributed by atoms with van der Waals surface area (Å²) in [5.74, 6) is 0.0748. The first-order valence-corrected chi connectivity index (χ1v) is 10.4. The highest BCUT2D eigenvalue weighted by Crippen LogP contribution is 2.35. The molecule has 1 amide bonds. The monoisotopic (exact) mass is 343 g/mol. The second-order valence-corrected chi connectivity index (χ2v) is 9.44. The number of piperidine rings is 1. The summed E-state index contributed by atoms with van der Waals surface area (Å²) in [6.07, 6.45) is 5.59. The van der Waals surface area contributed by atoms with Crippen LogP contribution >= 0.6 is 0 Å². The fourth-order valence-electron chi connectivity index (χ4n) is 4.66. The van der Waals surface area contributed by atoms with Gasteiger partial charge in [0.05, 0.1) is 5.25 Å². The molecule has 3 rings (SSSR count). The van der Waals surface area contributed by atoms with E-state index in [0.29, 0.717) is 13.1 Å². The standard InChI is InChI=1S/C16H29N3O3S/c1-12-11-18(23(21,22)14-6-5-9-17-10-14)15-7-3-4-8-16(15)19(12)13(2)20/h12,14-17H,3-11H2,1-2H3/t12-,14?,15?,16?/m0/s1. The quantitative estimate of drug-likeness (QED) is 0.810. The minimum atomic E-state index is -3.30. The van der Waals surface area contributed by atoms with Crippen LogP contribution in [0.3, 0.4) is 0 Å². The van der Waals surface area contributed by atoms with Gasteiger partial charge < -0.3 is 10.2 Å². The molecule has 3 unspecified atom stereocenters. The zero-order chi connectivity index (χ0) is 16.6. The molecule has 0 spiro atoms. The number of rotatable bonds is 2. The first-order chi connectivity index (χ1) is 10.9. The average Bonchev–Trinajstić information content (AvgIpc) is 2.54. The maximum atomic E-state index is 13.2. The summed E-state index contributed by atoms with van der Waals surface area (Å²) in [5, 5.41) is 2.91. The van der Waals surface area contributed by atoms with E-state index in [4.69, 9.17) is 0 Å². The van der Waals surface area contributed by atoms with Gasteiger partial charge in [0.2, 0.25) is 15.9 Å². The van der Waals surface area contributed by atoms with Gasteiger partial charge in [0.25, 0.3) is 0 Å². The lowest BCUT2D eigenvalue weighted by Crippen LogP contribution is -2.67. The fraction of sp³-hybridized carbons (Fsp3) is 0.938. The van der Waals surface area contributed by atoms with Gasteiger partial charge in [0, 0.05) is 38.1 Å². The van der Waals surface area contributed by atoms with Gasteiger partial charge in [-0.1, -0.05) is 12.8 Å². The molecule has 2 aliphatic heterocycles. The van der Waals surface area contributed by atoms with Crippen LogP contribution in [0.2, 0.25) is 0 Å². The molecule has 7 heteroatoms. The normalized spacial score (nSPS) is 36.5. The third kappa shape index (κ3) is 3.15. The van der Waals surface area contributed by atoms with E-state index >= 15 is 0 Å². The van der Waals surface area contributed by atoms with Crippen LogP contribution in [-0.2, 0) is 14.8 Å². The van der Waals surface area contributed by atoms with Crippen LogP contribution in [0.1, 0.15) is 52.4 Å². The molecule has 4 atom stereocenters. The van der Waals surface area contributed by atoms with Gasteiger partial charge in [-0.3, -0.25) is 4.79 Å². The molecule has 0 radical (unpaired) electrons. The van der Waals surface area contributed by atoms with E-state index in [1.807, 2.05) is 11.8 Å². The molecule has 0 aromatic rings. The van der Waals surface area contributed by atoms with Crippen molar-refractivity contribution in [3.63, 3.8) is 0 Å². The molecule has 0 bridgehead atoms. The molecule has 23 heavy (non-hydrogen) atoms. The number of piperazine rings is 1. The van der Waals surface area contributed by atoms with Crippen LogP contribution in [0.4, 0.5) is 0 Å². The smallest absolute Gasteiger partial charge is 0.220 e. The minimum absolute atomic E-state index is 0.0317. The maximum absolute atomic E-state index is 13.2. The summed E-state index contributed by atoms with van der Waals surface area (Å²) < 4.78 is 28.2. The van der Waals surface area contributed by atoms with Crippen LogP contribution in [-0.4, -0.2) is 66.5 Å². The molecule has 132 valence electrons. The first kappa shape index (κ1) is 17.2. The molecule has 3 aliphatic rings. The lowest BCUT2D eigenvalue weighted by atomic mass is 9.86. The number of hydrogen-bond donors (Lipinski definition) is 1. The van der Waals surface area contributed by atoms with E-state index in [1.54, 1.807) is 11.2 Å². The Morgan fingerprint density at radius 1 is 1.09 bits per heavy atom. The second kappa shape index (κ2) is 6.69. The zero-order valence-electron chi connectivity index (χ0n) is 14.2. The Balaban J connectivity index is 1.88. The predicted octanol–water partition coefficient (Wildman–Crippen LogP) is 0.932. The van der Waals surface area contributed by atoms with Gasteiger partial charge in [-0.15, -0.1) is 0 Å². The topological polar surface area (TPSA) is 69.7 Å². The number of carbonyl (C=O) groups is 1. The Labute approximate surface area is 139 Å². The largest absolute Gasteiger partial charge is 0.334 e. The number of amides is 1. The number of nitrogens with one attached hydrogen (secondary N) is 1. The second-order valence-electron chi connectivity index (χ2n) is 7.28. The summed E-state index contributed by atoms with van der Waals surface area (Å²) in [4.78, 5) is 14.0. The highest BCUT2D eigenvalue weighted by molar-refractivity contribution is 7.89. The molecule has 0 aromatic carbocycles. The highest BCUT2D eigenvalue weighted by atomic mass is 32.2. The third-order valence-corrected chi connectivity index (χ3v) is 8.02. The van der Waals surface area contributed by atoms with Crippen LogP contribution in [0.25, 0.3) is 0 Å². The maximum Gasteiger partial charge on any atom is 0.220 e. The Morgan fingerprint density at radius 3 is 2.39 bits per heavy atom. The Hall–Kier alpha value is -0.660. The number of hydrogen-bond acceptors (Lipinski definition) is 4. The molecule has 0 aromatic heterocycles. The Kier molecular flexibility index (Phi) is 4.99. The third-order valence-electron chi connectivity index (χ3n) is 5.70. The number of fused-ring (bicyclic) bond motifs is 1. The van der Waals surface area contributed by atoms with E-state index in [0.717, 1.165) is 45.1 Å². The summed E-state index contributed by atoms with van der Waals surface area (Å²) in [7, 11) is -3.30. The van der Waals surface area contributed by atoms with Crippen molar-refractivity contribution >= 4 is 15.9 Å². The lowest BCUT2D eigenvalue weighted by molar-refractivity contribution is -0.139. The van der Waals surface area contributed by atoms with Gasteiger partial charge in [-0.2, -0.15) is 4.31 Å². The SMILES string of the molecule is CC(=O)N1C2CCCCC2N(S(=O)(=O)C2CCCNC2)C[C@@H]1C. The zero-order valence-corrected chi connectivity index (χ0v) is 15.0. The summed E-state index contributed by atoms with van der Waals surface area (Å²) in [5.41, 5.74) is 0. The molecule has 1 N–H and O–H groups in total. The lowest BCUT2D eigenvalue weighted by Gasteiger charge is -2.52. The highest BCUT2D eigenvalue weighted by Gasteiger charge is 2.48. The van der Waals surface area contributed by atoms with Crippen LogP contribution in [0.5, 0.6) is 0 Å². The molecule has 6 nitrogen and oxygen atoms in total. The molecular weight excluding hydrogens is 314 g/mol. The van der Waals surface area contributed by atoms with Crippen molar-refractivity contribution < 1.29 is 13.2 Å². The summed E-state index contributed by atoms with van der Waals surface area (Å²) in [6.45, 7) is 5.50. The first-order valence-electron chi connectivity index (χ1n) is 8.93. The van der Waals surface area contributed by atoms with Crippen molar-refractivity contribution in [3.05, 3.63) is 0 Å². The van der Waals surface area contributed by atoms with Gasteiger partial charge >= 0.3 is 0 Å². The molecule has 1 saturated carbocycles. The van der Waals surface area contributed by atoms with Crippen LogP contribution < -0.4 is 5.32 Å². The summed E-state index contributed by atoms with van der Waals surface area (Å²) >= 11 is 0. The number of sulfonamides is 1. The van der Waals surface area contributed by atoms with Crippen molar-refractivity contribution in [2.75, 3.05) is 19.6 Å². The van der Waals surface area contributed by atoms with E-state index in [-0.39, 0.29) is 29.3 Å². The van der Waals surface area contributed by atoms with E-state index in [9.17, 15) is 13.2 Å². The molecule has 2 saturated heterocycles. The van der Waals surface area contributed by atoms with Gasteiger partial charge in [-0.25, -0.2) is 8.42 Å².